The number of aliphatic imine (C=N–C) groups is 1. The maximum absolute atomic E-state index is 14.3. The van der Waals surface area contributed by atoms with Crippen LogP contribution in [0.25, 0.3) is 0 Å². The summed E-state index contributed by atoms with van der Waals surface area (Å²) in [5, 5.41) is 0. The predicted molar refractivity (Wildman–Crippen MR) is 89.1 cm³/mol. The van der Waals surface area contributed by atoms with Crippen molar-refractivity contribution in [1.29, 1.82) is 0 Å². The Morgan fingerprint density at radius 2 is 2.22 bits per heavy atom. The molecule has 126 valence electrons. The number of hydrogen-bond donors (Lipinski definition) is 1. The minimum absolute atomic E-state index is 0.0658. The van der Waals surface area contributed by atoms with Crippen LogP contribution in [0, 0.1) is 5.82 Å². The van der Waals surface area contributed by atoms with Crippen molar-refractivity contribution in [2.24, 2.45) is 15.1 Å². The lowest BCUT2D eigenvalue weighted by Gasteiger charge is -2.44. The van der Waals surface area contributed by atoms with E-state index in [0.29, 0.717) is 17.6 Å². The van der Waals surface area contributed by atoms with Gasteiger partial charge in [-0.3, -0.25) is 4.99 Å². The molecule has 0 bridgehead atoms. The van der Waals surface area contributed by atoms with Crippen molar-refractivity contribution in [3.8, 4) is 0 Å². The normalized spacial score (nSPS) is 36.8. The third-order valence-corrected chi connectivity index (χ3v) is 8.33. The highest BCUT2D eigenvalue weighted by Crippen LogP contribution is 2.42. The van der Waals surface area contributed by atoms with Crippen LogP contribution in [0.1, 0.15) is 25.5 Å². The van der Waals surface area contributed by atoms with E-state index in [2.05, 4.69) is 30.3 Å². The summed E-state index contributed by atoms with van der Waals surface area (Å²) < 4.78 is 45.4. The monoisotopic (exact) mass is 406 g/mol. The van der Waals surface area contributed by atoms with Crippen LogP contribution in [0.15, 0.2) is 26.1 Å². The van der Waals surface area contributed by atoms with Gasteiger partial charge in [0.15, 0.2) is 0 Å². The molecule has 0 radical (unpaired) electrons. The molecule has 0 spiro atoms. The number of nitrogens with two attached hydrogens (primary N) is 1. The summed E-state index contributed by atoms with van der Waals surface area (Å²) in [7, 11) is -2.87. The molecule has 3 heterocycles. The summed E-state index contributed by atoms with van der Waals surface area (Å²) >= 11 is 3.15. The molecule has 0 amide bonds. The van der Waals surface area contributed by atoms with Gasteiger partial charge in [-0.1, -0.05) is 0 Å². The van der Waals surface area contributed by atoms with E-state index in [-0.39, 0.29) is 17.3 Å². The number of amidine groups is 1. The Bertz CT molecular complexity index is 808. The van der Waals surface area contributed by atoms with E-state index in [4.69, 9.17) is 5.73 Å². The first kappa shape index (κ1) is 16.8. The summed E-state index contributed by atoms with van der Waals surface area (Å²) in [4.78, 5) is 8.30. The molecule has 0 unspecified atom stereocenters. The van der Waals surface area contributed by atoms with Gasteiger partial charge in [-0.05, 0) is 47.8 Å². The Morgan fingerprint density at radius 1 is 1.48 bits per heavy atom. The van der Waals surface area contributed by atoms with Crippen molar-refractivity contribution < 1.29 is 13.0 Å². The highest BCUT2D eigenvalue weighted by Gasteiger charge is 2.53. The van der Waals surface area contributed by atoms with Gasteiger partial charge >= 0.3 is 0 Å². The van der Waals surface area contributed by atoms with Crippen LogP contribution in [0.3, 0.4) is 0 Å². The van der Waals surface area contributed by atoms with Gasteiger partial charge in [0.2, 0.25) is 0 Å². The maximum atomic E-state index is 14.3. The van der Waals surface area contributed by atoms with Crippen LogP contribution < -0.4 is 5.73 Å². The summed E-state index contributed by atoms with van der Waals surface area (Å²) in [5.74, 6) is -0.852. The van der Waals surface area contributed by atoms with E-state index in [0.717, 1.165) is 6.42 Å². The van der Waals surface area contributed by atoms with Crippen molar-refractivity contribution in [2.75, 3.05) is 19.0 Å². The number of halogens is 3. The second-order valence-corrected chi connectivity index (χ2v) is 9.64. The van der Waals surface area contributed by atoms with Gasteiger partial charge in [0.1, 0.15) is 38.9 Å². The van der Waals surface area contributed by atoms with Crippen molar-refractivity contribution in [3.05, 3.63) is 28.2 Å². The average Bonchev–Trinajstić information content (AvgIpc) is 2.51. The molecule has 1 aromatic rings. The van der Waals surface area contributed by atoms with E-state index in [1.165, 1.54) is 12.1 Å². The first-order valence-corrected chi connectivity index (χ1v) is 9.69. The topological polar surface area (TPSA) is 80.7 Å². The molecule has 2 aliphatic heterocycles. The molecule has 23 heavy (non-hydrogen) atoms. The highest BCUT2D eigenvalue weighted by atomic mass is 79.9. The summed E-state index contributed by atoms with van der Waals surface area (Å²) in [6, 6.07) is 2.59. The number of nitrogens with zero attached hydrogens (tertiary/aromatic N) is 3. The van der Waals surface area contributed by atoms with Gasteiger partial charge in [-0.15, -0.1) is 0 Å². The zero-order chi connectivity index (χ0) is 16.9. The first-order chi connectivity index (χ1) is 10.8. The number of pyridine rings is 1. The highest BCUT2D eigenvalue weighted by molar-refractivity contribution is 9.10. The van der Waals surface area contributed by atoms with Crippen molar-refractivity contribution in [3.63, 3.8) is 0 Å². The van der Waals surface area contributed by atoms with Crippen LogP contribution in [-0.4, -0.2) is 38.7 Å². The van der Waals surface area contributed by atoms with E-state index in [1.54, 1.807) is 6.92 Å². The zero-order valence-corrected chi connectivity index (χ0v) is 15.0. The third kappa shape index (κ3) is 2.39. The molecule has 0 saturated heterocycles. The quantitative estimate of drug-likeness (QED) is 0.766. The van der Waals surface area contributed by atoms with Gasteiger partial charge < -0.3 is 5.73 Å². The zero-order valence-electron chi connectivity index (χ0n) is 12.6. The van der Waals surface area contributed by atoms with Gasteiger partial charge in [-0.25, -0.2) is 22.3 Å². The fourth-order valence-electron chi connectivity index (χ4n) is 3.13. The molecule has 1 aromatic heterocycles. The molecule has 0 saturated carbocycles. The van der Waals surface area contributed by atoms with E-state index < -0.39 is 32.5 Å². The lowest BCUT2D eigenvalue weighted by Crippen LogP contribution is -2.59. The second-order valence-electron chi connectivity index (χ2n) is 6.10. The molecular formula is C14H17BrF2N4OS. The summed E-state index contributed by atoms with van der Waals surface area (Å²) in [6.07, 6.45) is 1.32. The van der Waals surface area contributed by atoms with Gasteiger partial charge in [0.25, 0.3) is 0 Å². The molecule has 3 atom stereocenters. The van der Waals surface area contributed by atoms with E-state index in [9.17, 15) is 13.0 Å². The van der Waals surface area contributed by atoms with Crippen LogP contribution >= 0.6 is 15.9 Å². The van der Waals surface area contributed by atoms with Crippen molar-refractivity contribution in [2.45, 2.75) is 30.1 Å². The van der Waals surface area contributed by atoms with Crippen molar-refractivity contribution >= 4 is 31.5 Å². The molecular weight excluding hydrogens is 390 g/mol. The van der Waals surface area contributed by atoms with Crippen LogP contribution in [0.2, 0.25) is 0 Å². The van der Waals surface area contributed by atoms with E-state index >= 15 is 0 Å². The Hall–Kier alpha value is -1.09. The predicted octanol–water partition coefficient (Wildman–Crippen LogP) is 2.54. The minimum Gasteiger partial charge on any atom is -0.386 e. The lowest BCUT2D eigenvalue weighted by atomic mass is 9.96. The first-order valence-electron chi connectivity index (χ1n) is 7.21. The SMILES string of the molecule is C[C@@]12CCCN=[S@@]1(=O)C[C@@](CF)(c1nc(Br)ccc1F)N=C2N. The Kier molecular flexibility index (Phi) is 3.99. The largest absolute Gasteiger partial charge is 0.386 e. The lowest BCUT2D eigenvalue weighted by molar-refractivity contribution is 0.316. The maximum Gasteiger partial charge on any atom is 0.148 e. The Balaban J connectivity index is 2.26. The fraction of sp³-hybridized carbons (Fsp3) is 0.571. The average molecular weight is 407 g/mol. The molecule has 2 N–H and O–H groups in total. The summed E-state index contributed by atoms with van der Waals surface area (Å²) in [5.41, 5.74) is 4.18. The Morgan fingerprint density at radius 3 is 2.91 bits per heavy atom. The molecule has 3 rings (SSSR count). The molecule has 0 aromatic carbocycles. The molecule has 9 heteroatoms. The second kappa shape index (κ2) is 5.47. The smallest absolute Gasteiger partial charge is 0.148 e. The number of fused-ring (bicyclic) bond motifs is 1. The molecule has 2 aliphatic rings. The standard InChI is InChI=1S/C14H17BrF2N4OS/c1-13-5-2-6-19-23(13,22)8-14(7-16,21-12(13)18)11-9(17)3-4-10(15)20-11/h3-4H,2,5-8H2,1H3,(H2,18,21)/t13-,14-,23+/m0/s1. The van der Waals surface area contributed by atoms with Crippen LogP contribution in [0.4, 0.5) is 8.78 Å². The molecule has 5 nitrogen and oxygen atoms in total. The van der Waals surface area contributed by atoms with Gasteiger partial charge in [0.05, 0.1) is 15.5 Å². The third-order valence-electron chi connectivity index (χ3n) is 4.60. The number of hydrogen-bond acceptors (Lipinski definition) is 5. The van der Waals surface area contributed by atoms with Gasteiger partial charge in [-0.2, -0.15) is 0 Å². The summed E-state index contributed by atoms with van der Waals surface area (Å²) in [6.45, 7) is 1.12. The number of rotatable bonds is 2. The van der Waals surface area contributed by atoms with Crippen LogP contribution in [-0.2, 0) is 15.3 Å². The van der Waals surface area contributed by atoms with Crippen molar-refractivity contribution in [1.82, 2.24) is 4.98 Å². The molecule has 0 aliphatic carbocycles. The van der Waals surface area contributed by atoms with Gasteiger partial charge in [0, 0.05) is 6.54 Å². The number of alkyl halides is 1. The fourth-order valence-corrected chi connectivity index (χ4v) is 6.32. The van der Waals surface area contributed by atoms with Crippen LogP contribution in [0.5, 0.6) is 0 Å². The number of aromatic nitrogens is 1. The Labute approximate surface area is 142 Å². The minimum atomic E-state index is -2.87. The van der Waals surface area contributed by atoms with E-state index in [1.807, 2.05) is 0 Å². The molecule has 0 fully saturated rings.